The Morgan fingerprint density at radius 2 is 1.59 bits per heavy atom. The van der Waals surface area contributed by atoms with E-state index in [1.807, 2.05) is 73.8 Å². The van der Waals surface area contributed by atoms with E-state index in [1.54, 1.807) is 30.8 Å². The number of fused-ring (bicyclic) bond motifs is 1. The number of thioether (sulfide) groups is 1. The molecule has 8 heteroatoms. The van der Waals surface area contributed by atoms with Crippen LogP contribution < -0.4 is 15.7 Å². The molecule has 1 amide bonds. The number of carbonyl (C=O) groups excluding carboxylic acids is 2. The lowest BCUT2D eigenvalue weighted by atomic mass is 9.98. The van der Waals surface area contributed by atoms with Crippen LogP contribution in [0.25, 0.3) is 11.0 Å². The van der Waals surface area contributed by atoms with Crippen molar-refractivity contribution >= 4 is 34.8 Å². The molecule has 0 spiro atoms. The van der Waals surface area contributed by atoms with Gasteiger partial charge < -0.3 is 19.2 Å². The molecular formula is C31H31NO6S. The van der Waals surface area contributed by atoms with Gasteiger partial charge in [0.2, 0.25) is 0 Å². The molecule has 1 atom stereocenters. The summed E-state index contributed by atoms with van der Waals surface area (Å²) in [6.07, 6.45) is 2.04. The van der Waals surface area contributed by atoms with E-state index in [1.165, 1.54) is 0 Å². The van der Waals surface area contributed by atoms with Crippen LogP contribution in [-0.2, 0) is 22.6 Å². The first-order chi connectivity index (χ1) is 18.9. The number of alkyl carbamates (subject to hydrolysis) is 1. The quantitative estimate of drug-likeness (QED) is 0.149. The van der Waals surface area contributed by atoms with E-state index in [2.05, 4.69) is 5.32 Å². The van der Waals surface area contributed by atoms with Crippen LogP contribution in [0.1, 0.15) is 34.2 Å². The summed E-state index contributed by atoms with van der Waals surface area (Å²) in [6, 6.07) is 21.6. The molecule has 0 aliphatic rings. The first-order valence-electron chi connectivity index (χ1n) is 12.6. The van der Waals surface area contributed by atoms with Gasteiger partial charge in [0, 0.05) is 22.9 Å². The Morgan fingerprint density at radius 3 is 2.26 bits per heavy atom. The average molecular weight is 546 g/mol. The van der Waals surface area contributed by atoms with E-state index in [0.717, 1.165) is 22.1 Å². The molecule has 0 radical (unpaired) electrons. The Balaban J connectivity index is 1.51. The summed E-state index contributed by atoms with van der Waals surface area (Å²) < 4.78 is 16.7. The van der Waals surface area contributed by atoms with Gasteiger partial charge in [-0.15, -0.1) is 0 Å². The van der Waals surface area contributed by atoms with Gasteiger partial charge in [0.15, 0.2) is 0 Å². The fourth-order valence-corrected chi connectivity index (χ4v) is 4.73. The molecule has 4 rings (SSSR count). The highest BCUT2D eigenvalue weighted by Crippen LogP contribution is 2.30. The first-order valence-corrected chi connectivity index (χ1v) is 14.0. The van der Waals surface area contributed by atoms with Gasteiger partial charge in [-0.1, -0.05) is 60.7 Å². The van der Waals surface area contributed by atoms with Crippen molar-refractivity contribution in [3.63, 3.8) is 0 Å². The first kappa shape index (κ1) is 28.0. The Morgan fingerprint density at radius 1 is 0.923 bits per heavy atom. The summed E-state index contributed by atoms with van der Waals surface area (Å²) in [5, 5.41) is 3.40. The molecule has 0 aliphatic carbocycles. The lowest BCUT2D eigenvalue weighted by Crippen LogP contribution is -2.43. The van der Waals surface area contributed by atoms with Gasteiger partial charge in [0.25, 0.3) is 0 Å². The van der Waals surface area contributed by atoms with Gasteiger partial charge in [-0.2, -0.15) is 11.8 Å². The third-order valence-electron chi connectivity index (χ3n) is 6.49. The highest BCUT2D eigenvalue weighted by atomic mass is 32.2. The van der Waals surface area contributed by atoms with Crippen LogP contribution >= 0.6 is 11.8 Å². The zero-order chi connectivity index (χ0) is 27.8. The summed E-state index contributed by atoms with van der Waals surface area (Å²) >= 11 is 1.55. The summed E-state index contributed by atoms with van der Waals surface area (Å²) in [4.78, 5) is 38.5. The highest BCUT2D eigenvalue weighted by Gasteiger charge is 2.25. The van der Waals surface area contributed by atoms with Crippen LogP contribution in [-0.4, -0.2) is 30.1 Å². The Bertz CT molecular complexity index is 1500. The molecule has 3 aromatic carbocycles. The second-order valence-electron chi connectivity index (χ2n) is 9.18. The Labute approximate surface area is 231 Å². The lowest BCUT2D eigenvalue weighted by Gasteiger charge is -2.18. The zero-order valence-electron chi connectivity index (χ0n) is 22.2. The minimum atomic E-state index is -0.905. The predicted molar refractivity (Wildman–Crippen MR) is 153 cm³/mol. The summed E-state index contributed by atoms with van der Waals surface area (Å²) in [6.45, 7) is 3.72. The normalized spacial score (nSPS) is 11.7. The van der Waals surface area contributed by atoms with Crippen molar-refractivity contribution in [3.8, 4) is 5.75 Å². The second kappa shape index (κ2) is 13.2. The molecule has 202 valence electrons. The standard InChI is InChI=1S/C31H31NO6S/c1-20-24-14-15-27(21(2)28(24)38-29(33)25(20)18-22-10-6-4-7-11-22)37-30(34)26(16-17-39-3)32-31(35)36-19-23-12-8-5-9-13-23/h4-15,26H,16-19H2,1-3H3,(H,32,35)/t26-/m0/s1. The fraction of sp³-hybridized carbons (Fsp3) is 0.258. The highest BCUT2D eigenvalue weighted by molar-refractivity contribution is 7.98. The molecule has 0 fully saturated rings. The maximum absolute atomic E-state index is 13.1. The predicted octanol–water partition coefficient (Wildman–Crippen LogP) is 5.95. The van der Waals surface area contributed by atoms with Crippen molar-refractivity contribution in [2.24, 2.45) is 0 Å². The molecular weight excluding hydrogens is 514 g/mol. The Kier molecular flexibility index (Phi) is 9.44. The van der Waals surface area contributed by atoms with Gasteiger partial charge in [0.1, 0.15) is 24.0 Å². The molecule has 39 heavy (non-hydrogen) atoms. The third-order valence-corrected chi connectivity index (χ3v) is 7.13. The lowest BCUT2D eigenvalue weighted by molar-refractivity contribution is -0.136. The number of rotatable bonds is 10. The van der Waals surface area contributed by atoms with Crippen molar-refractivity contribution in [1.82, 2.24) is 5.32 Å². The zero-order valence-corrected chi connectivity index (χ0v) is 23.0. The minimum absolute atomic E-state index is 0.0887. The molecule has 1 aromatic heterocycles. The molecule has 1 N–H and O–H groups in total. The molecule has 7 nitrogen and oxygen atoms in total. The van der Waals surface area contributed by atoms with Gasteiger partial charge in [-0.3, -0.25) is 0 Å². The van der Waals surface area contributed by atoms with Gasteiger partial charge >= 0.3 is 17.7 Å². The summed E-state index contributed by atoms with van der Waals surface area (Å²) in [5.41, 5.74) is 3.75. The third kappa shape index (κ3) is 7.09. The van der Waals surface area contributed by atoms with Crippen molar-refractivity contribution in [1.29, 1.82) is 0 Å². The van der Waals surface area contributed by atoms with E-state index in [-0.39, 0.29) is 12.4 Å². The van der Waals surface area contributed by atoms with Crippen LogP contribution in [0, 0.1) is 13.8 Å². The fourth-order valence-electron chi connectivity index (χ4n) is 4.26. The van der Waals surface area contributed by atoms with Crippen LogP contribution in [0.3, 0.4) is 0 Å². The number of carbonyl (C=O) groups is 2. The summed E-state index contributed by atoms with van der Waals surface area (Å²) in [5.74, 6) is 0.274. The maximum Gasteiger partial charge on any atom is 0.408 e. The van der Waals surface area contributed by atoms with Crippen LogP contribution in [0.4, 0.5) is 4.79 Å². The second-order valence-corrected chi connectivity index (χ2v) is 10.2. The molecule has 4 aromatic rings. The number of ether oxygens (including phenoxy) is 2. The Hall–Kier alpha value is -4.04. The maximum atomic E-state index is 13.1. The number of aryl methyl sites for hydroxylation is 2. The number of benzene rings is 3. The minimum Gasteiger partial charge on any atom is -0.445 e. The van der Waals surface area contributed by atoms with E-state index < -0.39 is 23.7 Å². The van der Waals surface area contributed by atoms with Crippen molar-refractivity contribution < 1.29 is 23.5 Å². The topological polar surface area (TPSA) is 94.8 Å². The van der Waals surface area contributed by atoms with Gasteiger partial charge in [-0.25, -0.2) is 14.4 Å². The monoisotopic (exact) mass is 545 g/mol. The van der Waals surface area contributed by atoms with Crippen LogP contribution in [0.15, 0.2) is 82.0 Å². The number of hydrogen-bond donors (Lipinski definition) is 1. The molecule has 0 bridgehead atoms. The average Bonchev–Trinajstić information content (AvgIpc) is 2.95. The van der Waals surface area contributed by atoms with Crippen LogP contribution in [0.5, 0.6) is 5.75 Å². The van der Waals surface area contributed by atoms with Crippen molar-refractivity contribution in [3.05, 3.63) is 111 Å². The molecule has 0 unspecified atom stereocenters. The molecule has 0 saturated heterocycles. The number of esters is 1. The van der Waals surface area contributed by atoms with E-state index in [9.17, 15) is 14.4 Å². The van der Waals surface area contributed by atoms with E-state index >= 15 is 0 Å². The van der Waals surface area contributed by atoms with E-state index in [4.69, 9.17) is 13.9 Å². The smallest absolute Gasteiger partial charge is 0.408 e. The SMILES string of the molecule is CSCC[C@H](NC(=O)OCc1ccccc1)C(=O)Oc1ccc2c(C)c(Cc3ccccc3)c(=O)oc2c1C. The molecule has 0 aliphatic heterocycles. The number of nitrogens with one attached hydrogen (secondary N) is 1. The van der Waals surface area contributed by atoms with Gasteiger partial charge in [-0.05, 0) is 61.1 Å². The van der Waals surface area contributed by atoms with Gasteiger partial charge in [0.05, 0.1) is 0 Å². The van der Waals surface area contributed by atoms with Crippen LogP contribution in [0.2, 0.25) is 0 Å². The van der Waals surface area contributed by atoms with Crippen molar-refractivity contribution in [2.75, 3.05) is 12.0 Å². The molecule has 1 heterocycles. The summed E-state index contributed by atoms with van der Waals surface area (Å²) in [7, 11) is 0. The van der Waals surface area contributed by atoms with Crippen molar-refractivity contribution in [2.45, 2.75) is 39.3 Å². The van der Waals surface area contributed by atoms with E-state index in [0.29, 0.717) is 35.3 Å². The number of hydrogen-bond acceptors (Lipinski definition) is 7. The number of amides is 1. The molecule has 0 saturated carbocycles. The largest absolute Gasteiger partial charge is 0.445 e.